The summed E-state index contributed by atoms with van der Waals surface area (Å²) in [5.74, 6) is -0.591. The van der Waals surface area contributed by atoms with Gasteiger partial charge in [0, 0.05) is 21.7 Å². The van der Waals surface area contributed by atoms with Crippen molar-refractivity contribution in [2.45, 2.75) is 6.92 Å². The number of benzene rings is 4. The highest BCUT2D eigenvalue weighted by Crippen LogP contribution is 2.30. The summed E-state index contributed by atoms with van der Waals surface area (Å²) in [5.41, 5.74) is 4.53. The lowest BCUT2D eigenvalue weighted by molar-refractivity contribution is 0.102. The molecule has 0 radical (unpaired) electrons. The lowest BCUT2D eigenvalue weighted by Gasteiger charge is -2.12. The molecular weight excluding hydrogens is 470 g/mol. The van der Waals surface area contributed by atoms with Crippen LogP contribution in [0.2, 0.25) is 5.02 Å². The first-order valence-electron chi connectivity index (χ1n) is 11.4. The Morgan fingerprint density at radius 3 is 2.08 bits per heavy atom. The second-order valence-electron chi connectivity index (χ2n) is 8.26. The number of hydrogen-bond donors (Lipinski definition) is 1. The molecule has 1 N–H and O–H groups in total. The molecule has 1 amide bonds. The van der Waals surface area contributed by atoms with Gasteiger partial charge >= 0.3 is 0 Å². The van der Waals surface area contributed by atoms with E-state index in [2.05, 4.69) is 5.32 Å². The van der Waals surface area contributed by atoms with Crippen molar-refractivity contribution in [1.29, 1.82) is 0 Å². The molecule has 36 heavy (non-hydrogen) atoms. The summed E-state index contributed by atoms with van der Waals surface area (Å²) in [6.07, 6.45) is 0. The van der Waals surface area contributed by atoms with E-state index in [4.69, 9.17) is 16.7 Å². The molecule has 5 rings (SSSR count). The van der Waals surface area contributed by atoms with Crippen LogP contribution >= 0.6 is 11.6 Å². The van der Waals surface area contributed by atoms with Gasteiger partial charge in [-0.15, -0.1) is 0 Å². The average Bonchev–Trinajstić information content (AvgIpc) is 3.28. The number of aromatic nitrogens is 2. The predicted octanol–water partition coefficient (Wildman–Crippen LogP) is 6.98. The maximum Gasteiger partial charge on any atom is 0.259 e. The minimum absolute atomic E-state index is 0.228. The Balaban J connectivity index is 1.59. The topological polar surface area (TPSA) is 64.0 Å². The number of nitrogens with one attached hydrogen (secondary N) is 1. The molecule has 0 aliphatic rings. The number of carbonyl (C=O) groups excluding carboxylic acids is 2. The number of hydrogen-bond acceptors (Lipinski definition) is 3. The van der Waals surface area contributed by atoms with Crippen LogP contribution in [0, 0.1) is 6.92 Å². The number of rotatable bonds is 6. The molecule has 0 saturated carbocycles. The van der Waals surface area contributed by atoms with E-state index in [9.17, 15) is 9.59 Å². The quantitative estimate of drug-likeness (QED) is 0.260. The highest BCUT2D eigenvalue weighted by molar-refractivity contribution is 6.31. The molecule has 0 saturated heterocycles. The number of halogens is 1. The second-order valence-corrected chi connectivity index (χ2v) is 8.70. The maximum absolute atomic E-state index is 13.8. The number of nitrogens with zero attached hydrogens (tertiary/aromatic N) is 2. The third-order valence-corrected chi connectivity index (χ3v) is 6.14. The van der Waals surface area contributed by atoms with E-state index in [0.717, 1.165) is 11.3 Å². The SMILES string of the molecule is Cc1c(C(=O)Nc2ccc(Cl)cc2C(=O)c2ccccc2)c(-c2ccccc2)nn1-c1ccccc1. The summed E-state index contributed by atoms with van der Waals surface area (Å²) in [7, 11) is 0. The van der Waals surface area contributed by atoms with Crippen molar-refractivity contribution >= 4 is 29.0 Å². The number of carbonyl (C=O) groups is 2. The Kier molecular flexibility index (Phi) is 6.48. The highest BCUT2D eigenvalue weighted by atomic mass is 35.5. The molecule has 0 aliphatic carbocycles. The molecule has 5 nitrogen and oxygen atoms in total. The van der Waals surface area contributed by atoms with Crippen LogP contribution in [0.1, 0.15) is 32.0 Å². The van der Waals surface area contributed by atoms with Crippen LogP contribution in [0.5, 0.6) is 0 Å². The van der Waals surface area contributed by atoms with Crippen molar-refractivity contribution in [2.24, 2.45) is 0 Å². The Morgan fingerprint density at radius 1 is 0.806 bits per heavy atom. The van der Waals surface area contributed by atoms with E-state index < -0.39 is 0 Å². The Labute approximate surface area is 214 Å². The monoisotopic (exact) mass is 491 g/mol. The lowest BCUT2D eigenvalue weighted by Crippen LogP contribution is -2.17. The Hall–Kier alpha value is -4.48. The average molecular weight is 492 g/mol. The third kappa shape index (κ3) is 4.57. The van der Waals surface area contributed by atoms with E-state index in [1.807, 2.05) is 73.7 Å². The zero-order valence-corrected chi connectivity index (χ0v) is 20.2. The van der Waals surface area contributed by atoms with Gasteiger partial charge in [0.2, 0.25) is 0 Å². The predicted molar refractivity (Wildman–Crippen MR) is 143 cm³/mol. The number of para-hydroxylation sites is 1. The van der Waals surface area contributed by atoms with Crippen molar-refractivity contribution in [3.05, 3.63) is 137 Å². The van der Waals surface area contributed by atoms with Gasteiger partial charge in [0.05, 0.1) is 22.6 Å². The van der Waals surface area contributed by atoms with Crippen molar-refractivity contribution in [3.8, 4) is 16.9 Å². The van der Waals surface area contributed by atoms with Gasteiger partial charge in [-0.2, -0.15) is 5.10 Å². The van der Waals surface area contributed by atoms with Gasteiger partial charge in [0.25, 0.3) is 5.91 Å². The van der Waals surface area contributed by atoms with Gasteiger partial charge < -0.3 is 5.32 Å². The van der Waals surface area contributed by atoms with E-state index in [1.165, 1.54) is 0 Å². The molecule has 1 aromatic heterocycles. The van der Waals surface area contributed by atoms with Crippen LogP contribution in [0.25, 0.3) is 16.9 Å². The summed E-state index contributed by atoms with van der Waals surface area (Å²) in [5, 5.41) is 8.16. The van der Waals surface area contributed by atoms with Crippen LogP contribution < -0.4 is 5.32 Å². The first kappa shape index (κ1) is 23.3. The van der Waals surface area contributed by atoms with Gasteiger partial charge in [0.1, 0.15) is 5.69 Å². The first-order valence-corrected chi connectivity index (χ1v) is 11.8. The minimum Gasteiger partial charge on any atom is -0.321 e. The van der Waals surface area contributed by atoms with Crippen molar-refractivity contribution in [2.75, 3.05) is 5.32 Å². The molecule has 6 heteroatoms. The fraction of sp³-hybridized carbons (Fsp3) is 0.0333. The van der Waals surface area contributed by atoms with E-state index in [1.54, 1.807) is 47.1 Å². The summed E-state index contributed by atoms with van der Waals surface area (Å²) in [4.78, 5) is 27.0. The fourth-order valence-electron chi connectivity index (χ4n) is 4.14. The van der Waals surface area contributed by atoms with Gasteiger partial charge in [-0.3, -0.25) is 9.59 Å². The molecule has 0 aliphatic heterocycles. The molecule has 0 spiro atoms. The van der Waals surface area contributed by atoms with Gasteiger partial charge in [-0.1, -0.05) is 90.5 Å². The lowest BCUT2D eigenvalue weighted by atomic mass is 10.0. The summed E-state index contributed by atoms with van der Waals surface area (Å²) >= 11 is 6.23. The normalized spacial score (nSPS) is 10.7. The number of anilines is 1. The van der Waals surface area contributed by atoms with Crippen LogP contribution in [0.4, 0.5) is 5.69 Å². The molecule has 1 heterocycles. The van der Waals surface area contributed by atoms with Crippen LogP contribution in [0.3, 0.4) is 0 Å². The minimum atomic E-state index is -0.363. The van der Waals surface area contributed by atoms with Crippen LogP contribution in [-0.4, -0.2) is 21.5 Å². The molecule has 0 unspecified atom stereocenters. The van der Waals surface area contributed by atoms with Crippen LogP contribution in [-0.2, 0) is 0 Å². The Morgan fingerprint density at radius 2 is 1.42 bits per heavy atom. The van der Waals surface area contributed by atoms with Crippen molar-refractivity contribution in [1.82, 2.24) is 9.78 Å². The van der Waals surface area contributed by atoms with Gasteiger partial charge in [0.15, 0.2) is 5.78 Å². The molecule has 0 bridgehead atoms. The highest BCUT2D eigenvalue weighted by Gasteiger charge is 2.25. The largest absolute Gasteiger partial charge is 0.321 e. The Bertz CT molecular complexity index is 1550. The number of amides is 1. The van der Waals surface area contributed by atoms with E-state index >= 15 is 0 Å². The summed E-state index contributed by atoms with van der Waals surface area (Å²) < 4.78 is 1.76. The summed E-state index contributed by atoms with van der Waals surface area (Å²) in [6, 6.07) is 33.0. The van der Waals surface area contributed by atoms with Crippen molar-refractivity contribution in [3.63, 3.8) is 0 Å². The van der Waals surface area contributed by atoms with E-state index in [0.29, 0.717) is 38.8 Å². The van der Waals surface area contributed by atoms with Gasteiger partial charge in [-0.25, -0.2) is 4.68 Å². The smallest absolute Gasteiger partial charge is 0.259 e. The molecule has 176 valence electrons. The molecule has 0 fully saturated rings. The molecule has 4 aromatic carbocycles. The number of ketones is 1. The molecule has 5 aromatic rings. The van der Waals surface area contributed by atoms with Crippen LogP contribution in [0.15, 0.2) is 109 Å². The van der Waals surface area contributed by atoms with Gasteiger partial charge in [-0.05, 0) is 37.3 Å². The second kappa shape index (κ2) is 10.0. The standard InChI is InChI=1S/C30H22ClN3O2/c1-20-27(28(21-11-5-2-6-12-21)33-34(20)24-15-9-4-10-16-24)30(36)32-26-18-17-23(31)19-25(26)29(35)22-13-7-3-8-14-22/h2-19H,1H3,(H,32,36). The van der Waals surface area contributed by atoms with E-state index in [-0.39, 0.29) is 11.7 Å². The zero-order chi connectivity index (χ0) is 25.1. The van der Waals surface area contributed by atoms with Crippen molar-refractivity contribution < 1.29 is 9.59 Å². The fourth-order valence-corrected chi connectivity index (χ4v) is 4.31. The first-order chi connectivity index (χ1) is 17.5. The zero-order valence-electron chi connectivity index (χ0n) is 19.5. The maximum atomic E-state index is 13.8. The molecule has 0 atom stereocenters. The molecular formula is C30H22ClN3O2. The third-order valence-electron chi connectivity index (χ3n) is 5.90. The summed E-state index contributed by atoms with van der Waals surface area (Å²) in [6.45, 7) is 1.86.